The van der Waals surface area contributed by atoms with Gasteiger partial charge in [0.05, 0.1) is 12.8 Å². The molecule has 2 rings (SSSR count). The van der Waals surface area contributed by atoms with E-state index in [0.29, 0.717) is 5.92 Å². The Hall–Kier alpha value is -1.05. The van der Waals surface area contributed by atoms with Gasteiger partial charge in [-0.2, -0.15) is 0 Å². The predicted octanol–water partition coefficient (Wildman–Crippen LogP) is 2.99. The third kappa shape index (κ3) is 2.25. The fraction of sp³-hybridized carbons (Fsp3) is 0.583. The summed E-state index contributed by atoms with van der Waals surface area (Å²) >= 11 is 0. The van der Waals surface area contributed by atoms with Crippen molar-refractivity contribution in [1.29, 1.82) is 0 Å². The molecule has 0 aromatic carbocycles. The Bertz CT molecular complexity index is 305. The second kappa shape index (κ2) is 3.99. The third-order valence-electron chi connectivity index (χ3n) is 2.61. The molecule has 1 aliphatic rings. The van der Waals surface area contributed by atoms with Crippen molar-refractivity contribution in [1.82, 2.24) is 4.98 Å². The van der Waals surface area contributed by atoms with Crippen molar-refractivity contribution >= 4 is 0 Å². The highest BCUT2D eigenvalue weighted by atomic mass is 16.5. The molecule has 1 aromatic rings. The molecule has 0 amide bonds. The highest BCUT2D eigenvalue weighted by molar-refractivity contribution is 5.32. The first-order valence-electron chi connectivity index (χ1n) is 5.34. The summed E-state index contributed by atoms with van der Waals surface area (Å²) in [4.78, 5) is 4.10. The van der Waals surface area contributed by atoms with Crippen LogP contribution in [0, 0.1) is 5.92 Å². The maximum atomic E-state index is 5.76. The van der Waals surface area contributed by atoms with E-state index in [1.807, 2.05) is 18.5 Å². The van der Waals surface area contributed by atoms with Crippen LogP contribution < -0.4 is 4.74 Å². The number of aromatic nitrogens is 1. The molecule has 0 spiro atoms. The lowest BCUT2D eigenvalue weighted by atomic mass is 10.0. The van der Waals surface area contributed by atoms with Crippen molar-refractivity contribution < 1.29 is 4.74 Å². The van der Waals surface area contributed by atoms with Crippen LogP contribution in [0.4, 0.5) is 0 Å². The molecule has 2 nitrogen and oxygen atoms in total. The minimum Gasteiger partial charge on any atom is -0.491 e. The molecule has 1 aliphatic carbocycles. The number of nitrogens with zero attached hydrogens (tertiary/aromatic N) is 1. The Balaban J connectivity index is 2.05. The van der Waals surface area contributed by atoms with Gasteiger partial charge in [-0.25, -0.2) is 0 Å². The number of hydrogen-bond donors (Lipinski definition) is 0. The molecule has 0 N–H and O–H groups in total. The predicted molar refractivity (Wildman–Crippen MR) is 56.5 cm³/mol. The fourth-order valence-corrected chi connectivity index (χ4v) is 1.48. The van der Waals surface area contributed by atoms with Gasteiger partial charge in [-0.1, -0.05) is 13.8 Å². The Morgan fingerprint density at radius 2 is 2.29 bits per heavy atom. The molecular weight excluding hydrogens is 174 g/mol. The van der Waals surface area contributed by atoms with Crippen molar-refractivity contribution in [2.24, 2.45) is 5.92 Å². The summed E-state index contributed by atoms with van der Waals surface area (Å²) in [6.07, 6.45) is 6.32. The van der Waals surface area contributed by atoms with E-state index in [1.165, 1.54) is 18.4 Å². The molecule has 2 heteroatoms. The van der Waals surface area contributed by atoms with Gasteiger partial charge in [-0.05, 0) is 36.3 Å². The second-order valence-corrected chi connectivity index (χ2v) is 4.32. The van der Waals surface area contributed by atoms with E-state index in [9.17, 15) is 0 Å². The highest BCUT2D eigenvalue weighted by Gasteiger charge is 2.22. The van der Waals surface area contributed by atoms with Gasteiger partial charge in [0.15, 0.2) is 0 Å². The molecular formula is C12H17NO. The van der Waals surface area contributed by atoms with Crippen molar-refractivity contribution in [3.05, 3.63) is 24.0 Å². The van der Waals surface area contributed by atoms with Crippen LogP contribution in [-0.4, -0.2) is 11.6 Å². The summed E-state index contributed by atoms with van der Waals surface area (Å²) in [6.45, 7) is 5.23. The van der Waals surface area contributed by atoms with E-state index < -0.39 is 0 Å². The Labute approximate surface area is 85.3 Å². The lowest BCUT2D eigenvalue weighted by molar-refractivity contribution is 0.294. The van der Waals surface area contributed by atoms with E-state index in [4.69, 9.17) is 4.74 Å². The zero-order valence-electron chi connectivity index (χ0n) is 8.86. The van der Waals surface area contributed by atoms with Crippen LogP contribution in [0.5, 0.6) is 5.75 Å². The summed E-state index contributed by atoms with van der Waals surface area (Å²) in [5.74, 6) is 2.27. The van der Waals surface area contributed by atoms with E-state index in [-0.39, 0.29) is 0 Å². The van der Waals surface area contributed by atoms with Crippen LogP contribution in [0.1, 0.15) is 38.2 Å². The van der Waals surface area contributed by atoms with E-state index in [1.54, 1.807) is 0 Å². The first kappa shape index (κ1) is 9.50. The molecule has 14 heavy (non-hydrogen) atoms. The van der Waals surface area contributed by atoms with Gasteiger partial charge < -0.3 is 4.74 Å². The number of rotatable bonds is 4. The van der Waals surface area contributed by atoms with Gasteiger partial charge >= 0.3 is 0 Å². The Kier molecular flexibility index (Phi) is 2.71. The zero-order valence-corrected chi connectivity index (χ0v) is 8.86. The Morgan fingerprint density at radius 3 is 2.93 bits per heavy atom. The van der Waals surface area contributed by atoms with Gasteiger partial charge in [-0.3, -0.25) is 4.98 Å². The van der Waals surface area contributed by atoms with E-state index in [2.05, 4.69) is 18.8 Å². The van der Waals surface area contributed by atoms with Crippen LogP contribution >= 0.6 is 0 Å². The van der Waals surface area contributed by atoms with E-state index >= 15 is 0 Å². The maximum Gasteiger partial charge on any atom is 0.141 e. The molecule has 0 aliphatic heterocycles. The second-order valence-electron chi connectivity index (χ2n) is 4.32. The number of ether oxygens (including phenoxy) is 1. The average Bonchev–Trinajstić information content (AvgIpc) is 2.98. The molecule has 0 radical (unpaired) electrons. The lowest BCUT2D eigenvalue weighted by Crippen LogP contribution is -2.03. The van der Waals surface area contributed by atoms with Gasteiger partial charge in [0.1, 0.15) is 5.75 Å². The minimum absolute atomic E-state index is 0.507. The standard InChI is InChI=1S/C12H17NO/c1-9(2)11-5-6-13-7-12(11)14-8-10-3-4-10/h5-7,9-10H,3-4,8H2,1-2H3. The molecule has 76 valence electrons. The summed E-state index contributed by atoms with van der Waals surface area (Å²) < 4.78 is 5.76. The van der Waals surface area contributed by atoms with Gasteiger partial charge in [0, 0.05) is 6.20 Å². The maximum absolute atomic E-state index is 5.76. The summed E-state index contributed by atoms with van der Waals surface area (Å²) in [5, 5.41) is 0. The normalized spacial score (nSPS) is 15.9. The summed E-state index contributed by atoms with van der Waals surface area (Å²) in [5.41, 5.74) is 1.26. The molecule has 1 heterocycles. The molecule has 0 unspecified atom stereocenters. The first-order valence-corrected chi connectivity index (χ1v) is 5.34. The minimum atomic E-state index is 0.507. The number of hydrogen-bond acceptors (Lipinski definition) is 2. The third-order valence-corrected chi connectivity index (χ3v) is 2.61. The van der Waals surface area contributed by atoms with Gasteiger partial charge in [-0.15, -0.1) is 0 Å². The summed E-state index contributed by atoms with van der Waals surface area (Å²) in [6, 6.07) is 2.05. The van der Waals surface area contributed by atoms with Gasteiger partial charge in [0.2, 0.25) is 0 Å². The topological polar surface area (TPSA) is 22.1 Å². The van der Waals surface area contributed by atoms with Gasteiger partial charge in [0.25, 0.3) is 0 Å². The molecule has 0 bridgehead atoms. The lowest BCUT2D eigenvalue weighted by Gasteiger charge is -2.12. The SMILES string of the molecule is CC(C)c1ccncc1OCC1CC1. The molecule has 0 atom stereocenters. The van der Waals surface area contributed by atoms with E-state index in [0.717, 1.165) is 18.3 Å². The Morgan fingerprint density at radius 1 is 1.50 bits per heavy atom. The number of pyridine rings is 1. The monoisotopic (exact) mass is 191 g/mol. The smallest absolute Gasteiger partial charge is 0.141 e. The molecule has 0 saturated heterocycles. The quantitative estimate of drug-likeness (QED) is 0.730. The van der Waals surface area contributed by atoms with Crippen molar-refractivity contribution in [3.8, 4) is 5.75 Å². The zero-order chi connectivity index (χ0) is 9.97. The first-order chi connectivity index (χ1) is 6.77. The van der Waals surface area contributed by atoms with Crippen LogP contribution in [0.25, 0.3) is 0 Å². The van der Waals surface area contributed by atoms with Crippen molar-refractivity contribution in [3.63, 3.8) is 0 Å². The van der Waals surface area contributed by atoms with Crippen molar-refractivity contribution in [2.75, 3.05) is 6.61 Å². The molecule has 1 fully saturated rings. The van der Waals surface area contributed by atoms with Crippen LogP contribution in [0.2, 0.25) is 0 Å². The average molecular weight is 191 g/mol. The highest BCUT2D eigenvalue weighted by Crippen LogP contribution is 2.31. The van der Waals surface area contributed by atoms with Crippen molar-refractivity contribution in [2.45, 2.75) is 32.6 Å². The largest absolute Gasteiger partial charge is 0.491 e. The molecule has 1 aromatic heterocycles. The summed E-state index contributed by atoms with van der Waals surface area (Å²) in [7, 11) is 0. The molecule has 1 saturated carbocycles. The van der Waals surface area contributed by atoms with Crippen LogP contribution in [-0.2, 0) is 0 Å². The fourth-order valence-electron chi connectivity index (χ4n) is 1.48. The van der Waals surface area contributed by atoms with Crippen LogP contribution in [0.15, 0.2) is 18.5 Å². The van der Waals surface area contributed by atoms with Crippen LogP contribution in [0.3, 0.4) is 0 Å².